The first-order valence-electron chi connectivity index (χ1n) is 9.07. The third-order valence-corrected chi connectivity index (χ3v) is 6.40. The van der Waals surface area contributed by atoms with E-state index in [4.69, 9.17) is 0 Å². The lowest BCUT2D eigenvalue weighted by molar-refractivity contribution is 0.0938. The van der Waals surface area contributed by atoms with Crippen molar-refractivity contribution in [2.75, 3.05) is 19.6 Å². The molecule has 0 aromatic carbocycles. The van der Waals surface area contributed by atoms with Crippen molar-refractivity contribution >= 4 is 28.6 Å². The van der Waals surface area contributed by atoms with Crippen molar-refractivity contribution < 1.29 is 4.79 Å². The van der Waals surface area contributed by atoms with E-state index in [0.29, 0.717) is 11.4 Å². The summed E-state index contributed by atoms with van der Waals surface area (Å²) >= 11 is 3.08. The number of thiophene rings is 1. The number of likely N-dealkylation sites (N-methyl/N-ethyl adjacent to an activating group) is 1. The Bertz CT molecular complexity index is 858. The zero-order chi connectivity index (χ0) is 19.2. The highest BCUT2D eigenvalue weighted by molar-refractivity contribution is 7.17. The third kappa shape index (κ3) is 4.61. The summed E-state index contributed by atoms with van der Waals surface area (Å²) in [6.07, 6.45) is 1.74. The lowest BCUT2D eigenvalue weighted by atomic mass is 10.1. The Kier molecular flexibility index (Phi) is 6.71. The molecular formula is C20H24N4OS2. The van der Waals surface area contributed by atoms with E-state index < -0.39 is 0 Å². The molecule has 0 aliphatic carbocycles. The van der Waals surface area contributed by atoms with E-state index in [-0.39, 0.29) is 11.9 Å². The Labute approximate surface area is 168 Å². The summed E-state index contributed by atoms with van der Waals surface area (Å²) < 4.78 is 0. The first-order valence-corrected chi connectivity index (χ1v) is 10.8. The highest BCUT2D eigenvalue weighted by Gasteiger charge is 2.22. The number of aryl methyl sites for hydroxylation is 1. The van der Waals surface area contributed by atoms with Crippen LogP contribution in [0.25, 0.3) is 10.7 Å². The van der Waals surface area contributed by atoms with Crippen LogP contribution in [0.4, 0.5) is 0 Å². The smallest absolute Gasteiger partial charge is 0.263 e. The molecule has 0 aliphatic rings. The minimum atomic E-state index is -0.0698. The van der Waals surface area contributed by atoms with Crippen molar-refractivity contribution in [3.63, 3.8) is 0 Å². The van der Waals surface area contributed by atoms with Crippen molar-refractivity contribution in [1.29, 1.82) is 0 Å². The van der Waals surface area contributed by atoms with Gasteiger partial charge in [0.2, 0.25) is 0 Å². The molecule has 3 rings (SSSR count). The Morgan fingerprint density at radius 3 is 2.70 bits per heavy atom. The summed E-state index contributed by atoms with van der Waals surface area (Å²) in [6, 6.07) is 8.02. The number of hydrogen-bond acceptors (Lipinski definition) is 6. The fraction of sp³-hybridized carbons (Fsp3) is 0.350. The molecule has 0 saturated heterocycles. The van der Waals surface area contributed by atoms with E-state index in [9.17, 15) is 4.79 Å². The van der Waals surface area contributed by atoms with Gasteiger partial charge in [-0.3, -0.25) is 14.7 Å². The molecule has 3 heterocycles. The molecule has 0 bridgehead atoms. The Morgan fingerprint density at radius 2 is 2.07 bits per heavy atom. The number of carbonyl (C=O) groups is 1. The van der Waals surface area contributed by atoms with E-state index in [1.54, 1.807) is 17.5 Å². The highest BCUT2D eigenvalue weighted by Crippen LogP contribution is 2.27. The quantitative estimate of drug-likeness (QED) is 0.609. The van der Waals surface area contributed by atoms with Crippen LogP contribution in [0, 0.1) is 6.92 Å². The van der Waals surface area contributed by atoms with Crippen LogP contribution in [0.5, 0.6) is 0 Å². The number of thiazole rings is 1. The second-order valence-electron chi connectivity index (χ2n) is 6.15. The Morgan fingerprint density at radius 1 is 1.26 bits per heavy atom. The van der Waals surface area contributed by atoms with Gasteiger partial charge in [-0.05, 0) is 54.5 Å². The monoisotopic (exact) mass is 400 g/mol. The summed E-state index contributed by atoms with van der Waals surface area (Å²) in [5, 5.41) is 8.13. The maximum atomic E-state index is 12.8. The number of pyridine rings is 1. The van der Waals surface area contributed by atoms with E-state index in [1.165, 1.54) is 16.9 Å². The maximum Gasteiger partial charge on any atom is 0.263 e. The van der Waals surface area contributed by atoms with Crippen LogP contribution < -0.4 is 5.32 Å². The largest absolute Gasteiger partial charge is 0.349 e. The molecule has 142 valence electrons. The highest BCUT2D eigenvalue weighted by atomic mass is 32.1. The average Bonchev–Trinajstić information content (AvgIpc) is 3.35. The zero-order valence-corrected chi connectivity index (χ0v) is 17.4. The predicted octanol–water partition coefficient (Wildman–Crippen LogP) is 4.39. The van der Waals surface area contributed by atoms with Crippen LogP contribution in [-0.4, -0.2) is 40.4 Å². The molecule has 7 heteroatoms. The molecule has 1 amide bonds. The number of amides is 1. The lowest BCUT2D eigenvalue weighted by Gasteiger charge is -2.29. The number of rotatable bonds is 8. The van der Waals surface area contributed by atoms with Crippen molar-refractivity contribution in [3.05, 3.63) is 57.4 Å². The summed E-state index contributed by atoms with van der Waals surface area (Å²) in [5.41, 5.74) is 2.79. The lowest BCUT2D eigenvalue weighted by Crippen LogP contribution is -2.37. The van der Waals surface area contributed by atoms with Crippen LogP contribution in [0.1, 0.15) is 40.8 Å². The Balaban J connectivity index is 1.74. The van der Waals surface area contributed by atoms with Gasteiger partial charge in [-0.25, -0.2) is 4.98 Å². The molecule has 1 atom stereocenters. The van der Waals surface area contributed by atoms with Gasteiger partial charge in [0.05, 0.1) is 17.4 Å². The first kappa shape index (κ1) is 19.7. The van der Waals surface area contributed by atoms with Gasteiger partial charge < -0.3 is 5.32 Å². The van der Waals surface area contributed by atoms with E-state index in [1.807, 2.05) is 25.1 Å². The molecule has 3 aromatic heterocycles. The van der Waals surface area contributed by atoms with Gasteiger partial charge in [-0.1, -0.05) is 19.9 Å². The fourth-order valence-corrected chi connectivity index (χ4v) is 4.73. The van der Waals surface area contributed by atoms with Crippen LogP contribution in [0.3, 0.4) is 0 Å². The Hall–Kier alpha value is -2.09. The van der Waals surface area contributed by atoms with Gasteiger partial charge in [0.15, 0.2) is 0 Å². The molecule has 0 radical (unpaired) electrons. The molecule has 0 aliphatic heterocycles. The second-order valence-corrected chi connectivity index (χ2v) is 7.93. The maximum absolute atomic E-state index is 12.8. The molecule has 3 aromatic rings. The fourth-order valence-electron chi connectivity index (χ4n) is 3.06. The van der Waals surface area contributed by atoms with Crippen molar-refractivity contribution in [2.24, 2.45) is 0 Å². The number of nitrogens with zero attached hydrogens (tertiary/aromatic N) is 3. The van der Waals surface area contributed by atoms with Gasteiger partial charge in [0.25, 0.3) is 5.91 Å². The van der Waals surface area contributed by atoms with Gasteiger partial charge in [0, 0.05) is 12.7 Å². The summed E-state index contributed by atoms with van der Waals surface area (Å²) in [6.45, 7) is 8.63. The van der Waals surface area contributed by atoms with Crippen LogP contribution >= 0.6 is 22.7 Å². The average molecular weight is 401 g/mol. The van der Waals surface area contributed by atoms with Gasteiger partial charge in [-0.15, -0.1) is 11.3 Å². The summed E-state index contributed by atoms with van der Waals surface area (Å²) in [4.78, 5) is 24.7. The standard InChI is InChI=1S/C20H24N4OS2/c1-4-24(5-2)17(15-9-11-26-13-15)12-22-19(25)18-14(3)23-20(27-18)16-8-6-7-10-21-16/h6-11,13,17H,4-5,12H2,1-3H3,(H,22,25). The minimum absolute atomic E-state index is 0.0698. The number of aromatic nitrogens is 2. The van der Waals surface area contributed by atoms with Crippen LogP contribution in [0.15, 0.2) is 41.2 Å². The summed E-state index contributed by atoms with van der Waals surface area (Å²) in [5.74, 6) is -0.0698. The SMILES string of the molecule is CCN(CC)C(CNC(=O)c1sc(-c2ccccn2)nc1C)c1ccsc1. The predicted molar refractivity (Wildman–Crippen MR) is 112 cm³/mol. The molecule has 5 nitrogen and oxygen atoms in total. The first-order chi connectivity index (χ1) is 13.1. The van der Waals surface area contributed by atoms with Gasteiger partial charge in [-0.2, -0.15) is 11.3 Å². The van der Waals surface area contributed by atoms with Crippen LogP contribution in [-0.2, 0) is 0 Å². The minimum Gasteiger partial charge on any atom is -0.349 e. The third-order valence-electron chi connectivity index (χ3n) is 4.52. The normalized spacial score (nSPS) is 12.3. The van der Waals surface area contributed by atoms with Crippen molar-refractivity contribution in [3.8, 4) is 10.7 Å². The van der Waals surface area contributed by atoms with Gasteiger partial charge >= 0.3 is 0 Å². The molecule has 0 spiro atoms. The number of carbonyl (C=O) groups excluding carboxylic acids is 1. The molecule has 0 fully saturated rings. The number of nitrogens with one attached hydrogen (secondary N) is 1. The van der Waals surface area contributed by atoms with Crippen molar-refractivity contribution in [1.82, 2.24) is 20.2 Å². The van der Waals surface area contributed by atoms with Crippen LogP contribution in [0.2, 0.25) is 0 Å². The molecular weight excluding hydrogens is 376 g/mol. The molecule has 1 N–H and O–H groups in total. The van der Waals surface area contributed by atoms with Gasteiger partial charge in [0.1, 0.15) is 9.88 Å². The molecule has 0 saturated carbocycles. The molecule has 1 unspecified atom stereocenters. The molecule has 27 heavy (non-hydrogen) atoms. The van der Waals surface area contributed by atoms with Crippen molar-refractivity contribution in [2.45, 2.75) is 26.8 Å². The topological polar surface area (TPSA) is 58.1 Å². The summed E-state index contributed by atoms with van der Waals surface area (Å²) in [7, 11) is 0. The second kappa shape index (κ2) is 9.21. The van der Waals surface area contributed by atoms with E-state index in [2.05, 4.69) is 50.9 Å². The zero-order valence-electron chi connectivity index (χ0n) is 15.8. The van der Waals surface area contributed by atoms with E-state index in [0.717, 1.165) is 29.5 Å². The van der Waals surface area contributed by atoms with E-state index >= 15 is 0 Å². The number of hydrogen-bond donors (Lipinski definition) is 1.